The molecule has 138 valence electrons. The average molecular weight is 338 g/mol. The minimum absolute atomic E-state index is 0.197. The van der Waals surface area contributed by atoms with Gasteiger partial charge in [-0.3, -0.25) is 14.5 Å². The summed E-state index contributed by atoms with van der Waals surface area (Å²) >= 11 is 0. The molecule has 0 unspecified atom stereocenters. The third kappa shape index (κ3) is 4.28. The lowest BCUT2D eigenvalue weighted by molar-refractivity contribution is -0.142. The number of rotatable bonds is 6. The van der Waals surface area contributed by atoms with Crippen LogP contribution in [0.3, 0.4) is 0 Å². The summed E-state index contributed by atoms with van der Waals surface area (Å²) < 4.78 is 0. The molecular formula is C18H34N4O2. The first-order valence-electron chi connectivity index (χ1n) is 9.56. The molecule has 0 spiro atoms. The minimum atomic E-state index is -0.416. The summed E-state index contributed by atoms with van der Waals surface area (Å²) in [4.78, 5) is 31.4. The number of nitrogens with two attached hydrogens (primary N) is 1. The number of hydrogen-bond acceptors (Lipinski definition) is 4. The Morgan fingerprint density at radius 3 is 2.08 bits per heavy atom. The van der Waals surface area contributed by atoms with Crippen LogP contribution in [-0.2, 0) is 9.59 Å². The van der Waals surface area contributed by atoms with Crippen LogP contribution in [0.2, 0.25) is 0 Å². The number of amides is 2. The second kappa shape index (κ2) is 8.81. The van der Waals surface area contributed by atoms with Gasteiger partial charge in [-0.15, -0.1) is 0 Å². The number of carbonyl (C=O) groups excluding carboxylic acids is 2. The molecule has 0 aliphatic carbocycles. The lowest BCUT2D eigenvalue weighted by atomic mass is 9.81. The van der Waals surface area contributed by atoms with E-state index in [0.29, 0.717) is 19.6 Å². The van der Waals surface area contributed by atoms with Gasteiger partial charge in [-0.1, -0.05) is 13.8 Å². The molecule has 0 atom stereocenters. The highest BCUT2D eigenvalue weighted by atomic mass is 16.2. The summed E-state index contributed by atoms with van der Waals surface area (Å²) in [7, 11) is 0. The zero-order valence-electron chi connectivity index (χ0n) is 15.4. The van der Waals surface area contributed by atoms with Crippen LogP contribution in [0.25, 0.3) is 0 Å². The Morgan fingerprint density at radius 2 is 1.50 bits per heavy atom. The molecule has 2 heterocycles. The van der Waals surface area contributed by atoms with Crippen molar-refractivity contribution in [3.8, 4) is 0 Å². The molecule has 6 heteroatoms. The fourth-order valence-electron chi connectivity index (χ4n) is 3.85. The van der Waals surface area contributed by atoms with E-state index in [2.05, 4.69) is 4.90 Å². The van der Waals surface area contributed by atoms with Gasteiger partial charge in [-0.2, -0.15) is 0 Å². The van der Waals surface area contributed by atoms with Crippen molar-refractivity contribution in [1.82, 2.24) is 14.7 Å². The molecule has 2 aliphatic rings. The van der Waals surface area contributed by atoms with Gasteiger partial charge in [0, 0.05) is 45.8 Å². The molecule has 24 heavy (non-hydrogen) atoms. The largest absolute Gasteiger partial charge is 0.342 e. The van der Waals surface area contributed by atoms with E-state index < -0.39 is 5.41 Å². The topological polar surface area (TPSA) is 69.9 Å². The Hall–Kier alpha value is -1.14. The molecule has 0 aromatic heterocycles. The van der Waals surface area contributed by atoms with Crippen molar-refractivity contribution in [3.63, 3.8) is 0 Å². The summed E-state index contributed by atoms with van der Waals surface area (Å²) in [5, 5.41) is 0. The van der Waals surface area contributed by atoms with E-state index in [1.807, 2.05) is 23.6 Å². The molecule has 2 saturated heterocycles. The summed E-state index contributed by atoms with van der Waals surface area (Å²) in [5.41, 5.74) is 5.51. The van der Waals surface area contributed by atoms with E-state index in [-0.39, 0.29) is 11.8 Å². The van der Waals surface area contributed by atoms with Crippen LogP contribution in [0.15, 0.2) is 0 Å². The lowest BCUT2D eigenvalue weighted by Crippen LogP contribution is -2.49. The monoisotopic (exact) mass is 338 g/mol. The van der Waals surface area contributed by atoms with Crippen LogP contribution >= 0.6 is 0 Å². The van der Waals surface area contributed by atoms with Crippen molar-refractivity contribution in [1.29, 1.82) is 0 Å². The number of likely N-dealkylation sites (tertiary alicyclic amines) is 1. The molecule has 2 amide bonds. The molecule has 0 aromatic rings. The van der Waals surface area contributed by atoms with Crippen LogP contribution in [-0.4, -0.2) is 78.9 Å². The summed E-state index contributed by atoms with van der Waals surface area (Å²) in [6.45, 7) is 9.95. The maximum Gasteiger partial charge on any atom is 0.236 e. The van der Waals surface area contributed by atoms with E-state index >= 15 is 0 Å². The van der Waals surface area contributed by atoms with Crippen molar-refractivity contribution in [2.45, 2.75) is 46.0 Å². The van der Waals surface area contributed by atoms with Crippen molar-refractivity contribution in [2.75, 3.05) is 52.4 Å². The Bertz CT molecular complexity index is 422. The van der Waals surface area contributed by atoms with Crippen LogP contribution < -0.4 is 5.73 Å². The smallest absolute Gasteiger partial charge is 0.236 e. The summed E-state index contributed by atoms with van der Waals surface area (Å²) in [5.74, 6) is 0.438. The molecule has 0 aromatic carbocycles. The van der Waals surface area contributed by atoms with Gasteiger partial charge in [0.25, 0.3) is 0 Å². The Kier molecular flexibility index (Phi) is 7.04. The van der Waals surface area contributed by atoms with Gasteiger partial charge in [0.05, 0.1) is 12.0 Å². The van der Waals surface area contributed by atoms with Crippen LogP contribution in [0, 0.1) is 5.41 Å². The van der Waals surface area contributed by atoms with E-state index in [0.717, 1.165) is 64.8 Å². The Balaban J connectivity index is 1.89. The van der Waals surface area contributed by atoms with Gasteiger partial charge in [0.1, 0.15) is 0 Å². The fourth-order valence-corrected chi connectivity index (χ4v) is 3.85. The minimum Gasteiger partial charge on any atom is -0.342 e. The van der Waals surface area contributed by atoms with Crippen molar-refractivity contribution < 1.29 is 9.59 Å². The molecule has 2 aliphatic heterocycles. The van der Waals surface area contributed by atoms with Gasteiger partial charge in [0.2, 0.25) is 11.8 Å². The highest BCUT2D eigenvalue weighted by Gasteiger charge is 2.37. The zero-order valence-corrected chi connectivity index (χ0v) is 15.4. The number of hydrogen-bond donors (Lipinski definition) is 1. The molecule has 2 rings (SSSR count). The van der Waals surface area contributed by atoms with Crippen LogP contribution in [0.5, 0.6) is 0 Å². The third-order valence-corrected chi connectivity index (χ3v) is 5.89. The standard InChI is InChI=1S/C18H34N4O2/c1-3-18(4-2,15-19)17(24)22-11-7-8-20(12-13-22)14-16(23)21-9-5-6-10-21/h3-15,19H2,1-2H3. The Labute approximate surface area is 146 Å². The number of carbonyl (C=O) groups is 2. The van der Waals surface area contributed by atoms with Crippen molar-refractivity contribution in [2.24, 2.45) is 11.1 Å². The van der Waals surface area contributed by atoms with Crippen LogP contribution in [0.1, 0.15) is 46.0 Å². The zero-order chi connectivity index (χ0) is 17.6. The molecular weight excluding hydrogens is 304 g/mol. The second-order valence-electron chi connectivity index (χ2n) is 7.20. The van der Waals surface area contributed by atoms with Gasteiger partial charge < -0.3 is 15.5 Å². The first-order valence-corrected chi connectivity index (χ1v) is 9.56. The van der Waals surface area contributed by atoms with Gasteiger partial charge >= 0.3 is 0 Å². The molecule has 0 bridgehead atoms. The highest BCUT2D eigenvalue weighted by molar-refractivity contribution is 5.83. The summed E-state index contributed by atoms with van der Waals surface area (Å²) in [6.07, 6.45) is 4.75. The molecule has 2 fully saturated rings. The van der Waals surface area contributed by atoms with Crippen LogP contribution in [0.4, 0.5) is 0 Å². The van der Waals surface area contributed by atoms with E-state index in [1.165, 1.54) is 0 Å². The SMILES string of the molecule is CCC(CC)(CN)C(=O)N1CCCN(CC(=O)N2CCCC2)CC1. The summed E-state index contributed by atoms with van der Waals surface area (Å²) in [6, 6.07) is 0. The second-order valence-corrected chi connectivity index (χ2v) is 7.20. The predicted octanol–water partition coefficient (Wildman–Crippen LogP) is 0.908. The maximum absolute atomic E-state index is 13.0. The predicted molar refractivity (Wildman–Crippen MR) is 95.5 cm³/mol. The quantitative estimate of drug-likeness (QED) is 0.781. The normalized spacial score (nSPS) is 20.3. The van der Waals surface area contributed by atoms with Gasteiger partial charge in [0.15, 0.2) is 0 Å². The molecule has 2 N–H and O–H groups in total. The molecule has 0 saturated carbocycles. The first-order chi connectivity index (χ1) is 11.6. The van der Waals surface area contributed by atoms with Gasteiger partial charge in [-0.05, 0) is 32.1 Å². The van der Waals surface area contributed by atoms with Crippen molar-refractivity contribution in [3.05, 3.63) is 0 Å². The van der Waals surface area contributed by atoms with Gasteiger partial charge in [-0.25, -0.2) is 0 Å². The first kappa shape index (κ1) is 19.2. The highest BCUT2D eigenvalue weighted by Crippen LogP contribution is 2.28. The number of nitrogens with zero attached hydrogens (tertiary/aromatic N) is 3. The van der Waals surface area contributed by atoms with E-state index in [9.17, 15) is 9.59 Å². The fraction of sp³-hybridized carbons (Fsp3) is 0.889. The van der Waals surface area contributed by atoms with E-state index in [4.69, 9.17) is 5.73 Å². The molecule has 6 nitrogen and oxygen atoms in total. The van der Waals surface area contributed by atoms with E-state index in [1.54, 1.807) is 0 Å². The average Bonchev–Trinajstić information content (AvgIpc) is 3.04. The van der Waals surface area contributed by atoms with Crippen molar-refractivity contribution >= 4 is 11.8 Å². The third-order valence-electron chi connectivity index (χ3n) is 5.89. The molecule has 0 radical (unpaired) electrons. The Morgan fingerprint density at radius 1 is 0.875 bits per heavy atom. The maximum atomic E-state index is 13.0. The lowest BCUT2D eigenvalue weighted by Gasteiger charge is -2.34.